The number of esters is 1. The molecule has 0 unspecified atom stereocenters. The molecule has 6 heteroatoms. The first kappa shape index (κ1) is 18.9. The predicted molar refractivity (Wildman–Crippen MR) is 86.1 cm³/mol. The molecule has 128 valence electrons. The normalized spacial score (nSPS) is 18.8. The van der Waals surface area contributed by atoms with Gasteiger partial charge in [0.15, 0.2) is 5.54 Å². The molecule has 0 aliphatic heterocycles. The van der Waals surface area contributed by atoms with E-state index in [0.29, 0.717) is 13.0 Å². The first-order chi connectivity index (χ1) is 10.2. The van der Waals surface area contributed by atoms with Crippen molar-refractivity contribution in [2.75, 3.05) is 6.54 Å². The molecular formula is C16H31N3O3. The van der Waals surface area contributed by atoms with Crippen LogP contribution < -0.4 is 16.8 Å². The highest BCUT2D eigenvalue weighted by molar-refractivity contribution is 6.07. The van der Waals surface area contributed by atoms with Gasteiger partial charge in [0.2, 0.25) is 0 Å². The second kappa shape index (κ2) is 7.92. The van der Waals surface area contributed by atoms with Crippen molar-refractivity contribution in [1.29, 1.82) is 0 Å². The van der Waals surface area contributed by atoms with Crippen molar-refractivity contribution in [3.63, 3.8) is 0 Å². The van der Waals surface area contributed by atoms with Crippen molar-refractivity contribution in [3.8, 4) is 0 Å². The lowest BCUT2D eigenvalue weighted by Gasteiger charge is -2.31. The monoisotopic (exact) mass is 313 g/mol. The number of hydrogen-bond acceptors (Lipinski definition) is 5. The molecule has 0 heterocycles. The van der Waals surface area contributed by atoms with Crippen molar-refractivity contribution >= 4 is 11.9 Å². The highest BCUT2D eigenvalue weighted by Gasteiger charge is 2.45. The van der Waals surface area contributed by atoms with Crippen LogP contribution in [0.5, 0.6) is 0 Å². The highest BCUT2D eigenvalue weighted by atomic mass is 16.6. The van der Waals surface area contributed by atoms with E-state index in [-0.39, 0.29) is 12.5 Å². The van der Waals surface area contributed by atoms with E-state index in [0.717, 1.165) is 32.1 Å². The van der Waals surface area contributed by atoms with E-state index in [9.17, 15) is 9.59 Å². The maximum atomic E-state index is 12.6. The number of nitrogens with one attached hydrogen (secondary N) is 1. The summed E-state index contributed by atoms with van der Waals surface area (Å²) in [5.41, 5.74) is 9.36. The van der Waals surface area contributed by atoms with Crippen LogP contribution in [0, 0.1) is 0 Å². The van der Waals surface area contributed by atoms with Gasteiger partial charge in [-0.2, -0.15) is 0 Å². The average Bonchev–Trinajstić information content (AvgIpc) is 2.89. The number of hydrogen-bond donors (Lipinski definition) is 3. The number of carbonyl (C=O) groups excluding carboxylic acids is 2. The zero-order valence-electron chi connectivity index (χ0n) is 14.1. The van der Waals surface area contributed by atoms with E-state index in [2.05, 4.69) is 5.32 Å². The highest BCUT2D eigenvalue weighted by Crippen LogP contribution is 2.22. The lowest BCUT2D eigenvalue weighted by Crippen LogP contribution is -2.62. The molecule has 1 aliphatic rings. The molecular weight excluding hydrogens is 282 g/mol. The smallest absolute Gasteiger partial charge is 0.336 e. The molecule has 0 aromatic heterocycles. The summed E-state index contributed by atoms with van der Waals surface area (Å²) in [5, 5.41) is 2.92. The zero-order chi connectivity index (χ0) is 16.8. The molecule has 1 aliphatic carbocycles. The molecule has 6 nitrogen and oxygen atoms in total. The Morgan fingerprint density at radius 3 is 2.27 bits per heavy atom. The molecule has 0 aromatic rings. The van der Waals surface area contributed by atoms with Gasteiger partial charge in [0.25, 0.3) is 5.91 Å². The summed E-state index contributed by atoms with van der Waals surface area (Å²) in [6, 6.07) is 0.118. The molecule has 1 amide bonds. The van der Waals surface area contributed by atoms with Gasteiger partial charge in [-0.05, 0) is 59.4 Å². The third kappa shape index (κ3) is 5.57. The Hall–Kier alpha value is -1.14. The largest absolute Gasteiger partial charge is 0.458 e. The van der Waals surface area contributed by atoms with E-state index in [1.165, 1.54) is 0 Å². The van der Waals surface area contributed by atoms with Crippen LogP contribution >= 0.6 is 0 Å². The summed E-state index contributed by atoms with van der Waals surface area (Å²) in [6.07, 6.45) is 5.67. The number of nitrogens with two attached hydrogens (primary N) is 2. The fourth-order valence-corrected chi connectivity index (χ4v) is 2.61. The number of ether oxygens (including phenoxy) is 1. The van der Waals surface area contributed by atoms with E-state index in [4.69, 9.17) is 16.2 Å². The van der Waals surface area contributed by atoms with Crippen LogP contribution in [0.25, 0.3) is 0 Å². The molecule has 1 rings (SSSR count). The SMILES string of the molecule is CC(C)(C)OC(=O)[C@](N)(CCCCN)C(=O)NC1CCCC1. The molecule has 0 aromatic carbocycles. The molecule has 0 bridgehead atoms. The fourth-order valence-electron chi connectivity index (χ4n) is 2.61. The van der Waals surface area contributed by atoms with Crippen molar-refractivity contribution in [3.05, 3.63) is 0 Å². The maximum Gasteiger partial charge on any atom is 0.336 e. The fraction of sp³-hybridized carbons (Fsp3) is 0.875. The quantitative estimate of drug-likeness (QED) is 0.372. The lowest BCUT2D eigenvalue weighted by molar-refractivity contribution is -0.165. The molecule has 1 fully saturated rings. The number of unbranched alkanes of at least 4 members (excludes halogenated alkanes) is 1. The van der Waals surface area contributed by atoms with Crippen molar-refractivity contribution in [2.24, 2.45) is 11.5 Å². The van der Waals surface area contributed by atoms with Gasteiger partial charge in [0.1, 0.15) is 5.60 Å². The number of carbonyl (C=O) groups is 2. The van der Waals surface area contributed by atoms with E-state index < -0.39 is 23.0 Å². The number of rotatable bonds is 7. The van der Waals surface area contributed by atoms with Gasteiger partial charge in [-0.1, -0.05) is 12.8 Å². The Balaban J connectivity index is 2.78. The average molecular weight is 313 g/mol. The molecule has 0 saturated heterocycles. The first-order valence-corrected chi connectivity index (χ1v) is 8.22. The van der Waals surface area contributed by atoms with Crippen molar-refractivity contribution < 1.29 is 14.3 Å². The Kier molecular flexibility index (Phi) is 6.81. The van der Waals surface area contributed by atoms with Crippen LogP contribution in [-0.4, -0.2) is 35.6 Å². The molecule has 0 radical (unpaired) electrons. The van der Waals surface area contributed by atoms with Crippen LogP contribution in [0.3, 0.4) is 0 Å². The van der Waals surface area contributed by atoms with Crippen LogP contribution in [-0.2, 0) is 14.3 Å². The van der Waals surface area contributed by atoms with Gasteiger partial charge < -0.3 is 21.5 Å². The van der Waals surface area contributed by atoms with Gasteiger partial charge >= 0.3 is 5.97 Å². The summed E-state index contributed by atoms with van der Waals surface area (Å²) in [6.45, 7) is 5.80. The van der Waals surface area contributed by atoms with Gasteiger partial charge in [-0.15, -0.1) is 0 Å². The summed E-state index contributed by atoms with van der Waals surface area (Å²) in [5.74, 6) is -1.09. The molecule has 22 heavy (non-hydrogen) atoms. The Bertz CT molecular complexity index is 387. The van der Waals surface area contributed by atoms with Crippen LogP contribution in [0.15, 0.2) is 0 Å². The Labute approximate surface area is 133 Å². The summed E-state index contributed by atoms with van der Waals surface area (Å²) in [7, 11) is 0. The van der Waals surface area contributed by atoms with Gasteiger partial charge in [-0.25, -0.2) is 4.79 Å². The van der Waals surface area contributed by atoms with E-state index >= 15 is 0 Å². The summed E-state index contributed by atoms with van der Waals surface area (Å²) < 4.78 is 5.36. The Morgan fingerprint density at radius 2 is 1.77 bits per heavy atom. The first-order valence-electron chi connectivity index (χ1n) is 8.22. The summed E-state index contributed by atoms with van der Waals surface area (Å²) in [4.78, 5) is 25.0. The van der Waals surface area contributed by atoms with E-state index in [1.54, 1.807) is 20.8 Å². The van der Waals surface area contributed by atoms with Crippen LogP contribution in [0.4, 0.5) is 0 Å². The predicted octanol–water partition coefficient (Wildman–Crippen LogP) is 1.21. The maximum absolute atomic E-state index is 12.6. The van der Waals surface area contributed by atoms with Gasteiger partial charge in [0, 0.05) is 6.04 Å². The minimum atomic E-state index is -1.63. The molecule has 5 N–H and O–H groups in total. The third-order valence-electron chi connectivity index (χ3n) is 3.88. The van der Waals surface area contributed by atoms with Crippen LogP contribution in [0.1, 0.15) is 65.7 Å². The molecule has 1 saturated carbocycles. The van der Waals surface area contributed by atoms with E-state index in [1.807, 2.05) is 0 Å². The zero-order valence-corrected chi connectivity index (χ0v) is 14.1. The minimum absolute atomic E-state index is 0.118. The standard InChI is InChI=1S/C16H31N3O3/c1-15(2,3)22-14(21)16(18,10-6-7-11-17)13(20)19-12-8-4-5-9-12/h12H,4-11,17-18H2,1-3H3,(H,19,20)/t16-/m0/s1. The van der Waals surface area contributed by atoms with Gasteiger partial charge in [-0.3, -0.25) is 4.79 Å². The second-order valence-corrected chi connectivity index (χ2v) is 7.17. The third-order valence-corrected chi connectivity index (χ3v) is 3.88. The van der Waals surface area contributed by atoms with Gasteiger partial charge in [0.05, 0.1) is 0 Å². The topological polar surface area (TPSA) is 107 Å². The summed E-state index contributed by atoms with van der Waals surface area (Å²) >= 11 is 0. The molecule has 1 atom stereocenters. The second-order valence-electron chi connectivity index (χ2n) is 7.17. The Morgan fingerprint density at radius 1 is 1.18 bits per heavy atom. The lowest BCUT2D eigenvalue weighted by atomic mass is 9.91. The molecule has 0 spiro atoms. The van der Waals surface area contributed by atoms with Crippen molar-refractivity contribution in [2.45, 2.75) is 82.9 Å². The van der Waals surface area contributed by atoms with Crippen molar-refractivity contribution in [1.82, 2.24) is 5.32 Å². The van der Waals surface area contributed by atoms with Crippen LogP contribution in [0.2, 0.25) is 0 Å². The number of amides is 1. The minimum Gasteiger partial charge on any atom is -0.458 e.